The van der Waals surface area contributed by atoms with Crippen LogP contribution in [0.1, 0.15) is 47.0 Å². The molecule has 0 aromatic carbocycles. The van der Waals surface area contributed by atoms with E-state index < -0.39 is 5.67 Å². The Hall–Kier alpha value is -0.110. The van der Waals surface area contributed by atoms with Gasteiger partial charge < -0.3 is 0 Å². The van der Waals surface area contributed by atoms with Crippen LogP contribution in [0.15, 0.2) is 0 Å². The molecule has 0 aromatic rings. The Morgan fingerprint density at radius 2 is 1.85 bits per heavy atom. The van der Waals surface area contributed by atoms with E-state index in [1.807, 2.05) is 0 Å². The largest absolute Gasteiger partial charge is 0.295 e. The van der Waals surface area contributed by atoms with Crippen LogP contribution >= 0.6 is 0 Å². The third-order valence-electron chi connectivity index (χ3n) is 2.85. The highest BCUT2D eigenvalue weighted by Crippen LogP contribution is 2.28. The van der Waals surface area contributed by atoms with Gasteiger partial charge in [-0.1, -0.05) is 0 Å². The van der Waals surface area contributed by atoms with Crippen molar-refractivity contribution < 1.29 is 4.39 Å². The van der Waals surface area contributed by atoms with Crippen molar-refractivity contribution in [3.8, 4) is 0 Å². The van der Waals surface area contributed by atoms with Crippen LogP contribution in [0, 0.1) is 0 Å². The van der Waals surface area contributed by atoms with E-state index >= 15 is 0 Å². The molecule has 0 aliphatic carbocycles. The lowest BCUT2D eigenvalue weighted by molar-refractivity contribution is 0.0626. The third-order valence-corrected chi connectivity index (χ3v) is 2.85. The van der Waals surface area contributed by atoms with E-state index in [4.69, 9.17) is 0 Å². The zero-order chi connectivity index (χ0) is 10.1. The predicted octanol–water partition coefficient (Wildman–Crippen LogP) is 3.00. The fraction of sp³-hybridized carbons (Fsp3) is 1.00. The number of rotatable bonds is 0. The summed E-state index contributed by atoms with van der Waals surface area (Å²) in [5.74, 6) is 0. The average molecular weight is 187 g/mol. The molecule has 1 aliphatic heterocycles. The Morgan fingerprint density at radius 3 is 2.38 bits per heavy atom. The first-order valence-corrected chi connectivity index (χ1v) is 5.25. The summed E-state index contributed by atoms with van der Waals surface area (Å²) in [7, 11) is 0. The Morgan fingerprint density at radius 1 is 1.23 bits per heavy atom. The lowest BCUT2D eigenvalue weighted by atomic mass is 10.0. The van der Waals surface area contributed by atoms with Crippen LogP contribution < -0.4 is 0 Å². The Kier molecular flexibility index (Phi) is 3.01. The van der Waals surface area contributed by atoms with Crippen LogP contribution in [0.25, 0.3) is 0 Å². The van der Waals surface area contributed by atoms with Crippen LogP contribution in [0.2, 0.25) is 0 Å². The van der Waals surface area contributed by atoms with Crippen LogP contribution in [-0.4, -0.2) is 29.2 Å². The van der Waals surface area contributed by atoms with E-state index in [1.54, 1.807) is 6.92 Å². The standard InChI is InChI=1S/C11H22FN/c1-10(2,3)13-8-6-5-7-11(4,12)9-13/h5-9H2,1-4H3. The number of halogens is 1. The molecule has 1 rings (SSSR count). The molecule has 0 radical (unpaired) electrons. The molecule has 1 aliphatic rings. The Balaban J connectivity index is 2.65. The van der Waals surface area contributed by atoms with Gasteiger partial charge in [0.05, 0.1) is 0 Å². The molecule has 1 fully saturated rings. The summed E-state index contributed by atoms with van der Waals surface area (Å²) in [5, 5.41) is 0. The summed E-state index contributed by atoms with van der Waals surface area (Å²) >= 11 is 0. The van der Waals surface area contributed by atoms with Gasteiger partial charge >= 0.3 is 0 Å². The van der Waals surface area contributed by atoms with Crippen molar-refractivity contribution in [3.63, 3.8) is 0 Å². The molecule has 0 aromatic heterocycles. The van der Waals surface area contributed by atoms with Crippen LogP contribution in [0.4, 0.5) is 4.39 Å². The van der Waals surface area contributed by atoms with Gasteiger partial charge in [0.2, 0.25) is 0 Å². The molecule has 1 heterocycles. The van der Waals surface area contributed by atoms with E-state index in [0.29, 0.717) is 6.54 Å². The van der Waals surface area contributed by atoms with Gasteiger partial charge in [0, 0.05) is 12.1 Å². The lowest BCUT2D eigenvalue weighted by Crippen LogP contribution is -2.47. The molecule has 0 N–H and O–H groups in total. The van der Waals surface area contributed by atoms with Crippen molar-refractivity contribution in [2.75, 3.05) is 13.1 Å². The molecule has 2 heteroatoms. The summed E-state index contributed by atoms with van der Waals surface area (Å²) in [5.41, 5.74) is -0.874. The second-order valence-corrected chi connectivity index (χ2v) is 5.46. The second-order valence-electron chi connectivity index (χ2n) is 5.46. The average Bonchev–Trinajstić information content (AvgIpc) is 2.08. The molecule has 1 atom stereocenters. The Labute approximate surface area is 81.3 Å². The summed E-state index contributed by atoms with van der Waals surface area (Å²) < 4.78 is 13.9. The molecule has 0 spiro atoms. The van der Waals surface area contributed by atoms with Gasteiger partial charge in [-0.3, -0.25) is 4.90 Å². The molecule has 13 heavy (non-hydrogen) atoms. The molecule has 0 amide bonds. The highest BCUT2D eigenvalue weighted by atomic mass is 19.1. The SMILES string of the molecule is CC1(F)CCCCN(C(C)(C)C)C1. The minimum Gasteiger partial charge on any atom is -0.295 e. The zero-order valence-electron chi connectivity index (χ0n) is 9.36. The number of nitrogens with zero attached hydrogens (tertiary/aromatic N) is 1. The number of alkyl halides is 1. The summed E-state index contributed by atoms with van der Waals surface area (Å²) in [4.78, 5) is 2.26. The van der Waals surface area contributed by atoms with Gasteiger partial charge in [0.25, 0.3) is 0 Å². The first-order valence-electron chi connectivity index (χ1n) is 5.25. The minimum atomic E-state index is -0.982. The van der Waals surface area contributed by atoms with Crippen molar-refractivity contribution in [2.24, 2.45) is 0 Å². The normalized spacial score (nSPS) is 33.0. The number of likely N-dealkylation sites (tertiary alicyclic amines) is 1. The maximum atomic E-state index is 13.9. The topological polar surface area (TPSA) is 3.24 Å². The van der Waals surface area contributed by atoms with Crippen molar-refractivity contribution in [3.05, 3.63) is 0 Å². The first kappa shape index (κ1) is 11.0. The molecular weight excluding hydrogens is 165 g/mol. The molecule has 0 bridgehead atoms. The smallest absolute Gasteiger partial charge is 0.120 e. The van der Waals surface area contributed by atoms with Gasteiger partial charge in [-0.2, -0.15) is 0 Å². The van der Waals surface area contributed by atoms with Crippen LogP contribution in [-0.2, 0) is 0 Å². The predicted molar refractivity (Wildman–Crippen MR) is 54.7 cm³/mol. The second kappa shape index (κ2) is 3.56. The van der Waals surface area contributed by atoms with Crippen molar-refractivity contribution in [1.29, 1.82) is 0 Å². The van der Waals surface area contributed by atoms with Crippen LogP contribution in [0.3, 0.4) is 0 Å². The molecule has 0 saturated carbocycles. The van der Waals surface area contributed by atoms with E-state index in [9.17, 15) is 4.39 Å². The Bertz CT molecular complexity index is 169. The molecule has 1 saturated heterocycles. The first-order chi connectivity index (χ1) is 5.81. The lowest BCUT2D eigenvalue weighted by Gasteiger charge is -2.37. The third kappa shape index (κ3) is 3.26. The van der Waals surface area contributed by atoms with E-state index in [2.05, 4.69) is 25.7 Å². The fourth-order valence-corrected chi connectivity index (χ4v) is 1.92. The van der Waals surface area contributed by atoms with Gasteiger partial charge in [0.1, 0.15) is 5.67 Å². The highest BCUT2D eigenvalue weighted by molar-refractivity contribution is 4.87. The number of hydrogen-bond donors (Lipinski definition) is 0. The molecule has 1 nitrogen and oxygen atoms in total. The van der Waals surface area contributed by atoms with Gasteiger partial charge in [-0.05, 0) is 53.5 Å². The van der Waals surface area contributed by atoms with Gasteiger partial charge in [-0.25, -0.2) is 4.39 Å². The van der Waals surface area contributed by atoms with Gasteiger partial charge in [0.15, 0.2) is 0 Å². The van der Waals surface area contributed by atoms with E-state index in [0.717, 1.165) is 25.8 Å². The molecule has 1 unspecified atom stereocenters. The minimum absolute atomic E-state index is 0.109. The summed E-state index contributed by atoms with van der Waals surface area (Å²) in [6.07, 6.45) is 2.88. The molecule has 78 valence electrons. The maximum Gasteiger partial charge on any atom is 0.120 e. The van der Waals surface area contributed by atoms with Crippen molar-refractivity contribution >= 4 is 0 Å². The van der Waals surface area contributed by atoms with Crippen molar-refractivity contribution in [2.45, 2.75) is 58.2 Å². The quantitative estimate of drug-likeness (QED) is 0.563. The van der Waals surface area contributed by atoms with Gasteiger partial charge in [-0.15, -0.1) is 0 Å². The zero-order valence-corrected chi connectivity index (χ0v) is 9.36. The summed E-state index contributed by atoms with van der Waals surface area (Å²) in [6, 6.07) is 0. The van der Waals surface area contributed by atoms with Crippen LogP contribution in [0.5, 0.6) is 0 Å². The fourth-order valence-electron chi connectivity index (χ4n) is 1.92. The molecular formula is C11H22FN. The number of hydrogen-bond acceptors (Lipinski definition) is 1. The highest BCUT2D eigenvalue weighted by Gasteiger charge is 2.33. The maximum absolute atomic E-state index is 13.9. The van der Waals surface area contributed by atoms with E-state index in [-0.39, 0.29) is 5.54 Å². The summed E-state index contributed by atoms with van der Waals surface area (Å²) in [6.45, 7) is 9.85. The van der Waals surface area contributed by atoms with Crippen molar-refractivity contribution in [1.82, 2.24) is 4.90 Å². The van der Waals surface area contributed by atoms with E-state index in [1.165, 1.54) is 0 Å². The monoisotopic (exact) mass is 187 g/mol.